The zero-order valence-corrected chi connectivity index (χ0v) is 10.4. The lowest BCUT2D eigenvalue weighted by Crippen LogP contribution is -2.78. The monoisotopic (exact) mass is 198 g/mol. The van der Waals surface area contributed by atoms with E-state index in [1.807, 2.05) is 0 Å². The summed E-state index contributed by atoms with van der Waals surface area (Å²) in [5.74, 6) is 0. The Morgan fingerprint density at radius 1 is 0.444 bits per heavy atom. The zero-order valence-electron chi connectivity index (χ0n) is 10.4. The van der Waals surface area contributed by atoms with E-state index in [1.165, 1.54) is 0 Å². The van der Waals surface area contributed by atoms with Crippen LogP contribution in [0.4, 0.5) is 0 Å². The maximum absolute atomic E-state index is 5.72. The van der Waals surface area contributed by atoms with Crippen molar-refractivity contribution in [2.75, 3.05) is 0 Å². The minimum atomic E-state index is -0.853. The Morgan fingerprint density at radius 2 is 0.722 bits per heavy atom. The number of hydrogen-bond acceptors (Lipinski definition) is 0. The van der Waals surface area contributed by atoms with Crippen molar-refractivity contribution in [3.63, 3.8) is 0 Å². The van der Waals surface area contributed by atoms with E-state index in [0.29, 0.717) is 0 Å². The second kappa shape index (κ2) is 8.45. The average Bonchev–Trinajstić information content (AvgIpc) is 2.13. The maximum atomic E-state index is 5.72. The first-order chi connectivity index (χ1) is 8.11. The van der Waals surface area contributed by atoms with Gasteiger partial charge in [-0.2, -0.15) is 0 Å². The molecule has 0 aliphatic carbocycles. The molecule has 0 aromatic rings. The molecule has 0 aromatic heterocycles. The number of rotatable bonds is 7. The van der Waals surface area contributed by atoms with Gasteiger partial charge in [-0.15, -0.1) is 0 Å². The smallest absolute Gasteiger partial charge is 0.0000000243 e. The molecular weight excluding hydrogens is 195 g/mol. The fourth-order valence-corrected chi connectivity index (χ4v) is 2.31. The fraction of sp³-hybridized carbons (Fsp3) is 0. The van der Waals surface area contributed by atoms with Crippen molar-refractivity contribution in [2.24, 2.45) is 0 Å². The molecule has 18 heteroatoms. The van der Waals surface area contributed by atoms with Gasteiger partial charge in [0.15, 0.2) is 0 Å². The minimum absolute atomic E-state index is 0.593. The van der Waals surface area contributed by atoms with Crippen LogP contribution in [0.5, 0.6) is 0 Å². The molecule has 0 heterocycles. The van der Waals surface area contributed by atoms with Gasteiger partial charge in [0.25, 0.3) is 0 Å². The Balaban J connectivity index is 5.37. The predicted molar refractivity (Wildman–Crippen MR) is 104 cm³/mol. The van der Waals surface area contributed by atoms with Crippen LogP contribution in [0.15, 0.2) is 0 Å². The molecule has 0 bridgehead atoms. The van der Waals surface area contributed by atoms with Gasteiger partial charge in [0.05, 0.1) is 0 Å². The molecule has 0 spiro atoms. The van der Waals surface area contributed by atoms with E-state index in [4.69, 9.17) is 77.4 Å². The van der Waals surface area contributed by atoms with Crippen LogP contribution in [-0.2, 0) is 0 Å². The summed E-state index contributed by atoms with van der Waals surface area (Å²) in [4.78, 5) is 0. The zero-order chi connectivity index (χ0) is 14.6. The Morgan fingerprint density at radius 3 is 0.889 bits per heavy atom. The highest BCUT2D eigenvalue weighted by Gasteiger charge is 2.37. The molecule has 0 saturated heterocycles. The molecular formula is B18-2. The second-order valence-electron chi connectivity index (χ2n) is 4.62. The predicted octanol–water partition coefficient (Wildman–Crippen LogP) is -6.85. The summed E-state index contributed by atoms with van der Waals surface area (Å²) in [7, 11) is 56.7. The molecule has 0 saturated carbocycles. The molecule has 0 N–H and O–H groups in total. The standard InChI is InChI=1S/B18/c1-11(2)16(12(3)4)18(15(9)10)17(13(5)6)14(7)8/q-2. The van der Waals surface area contributed by atoms with Crippen molar-refractivity contribution in [2.45, 2.75) is 0 Å². The van der Waals surface area contributed by atoms with E-state index in [2.05, 4.69) is 0 Å². The van der Waals surface area contributed by atoms with Crippen LogP contribution in [0.2, 0.25) is 0 Å². The van der Waals surface area contributed by atoms with Crippen molar-refractivity contribution in [3.8, 4) is 0 Å². The molecule has 0 aliphatic rings. The fourth-order valence-electron chi connectivity index (χ4n) is 2.31. The van der Waals surface area contributed by atoms with E-state index in [9.17, 15) is 0 Å². The molecule has 0 aliphatic heterocycles. The van der Waals surface area contributed by atoms with Crippen LogP contribution >= 0.6 is 0 Å². The normalized spacial score (nSPS) is 9.22. The first-order valence-corrected chi connectivity index (χ1v) is 5.67. The van der Waals surface area contributed by atoms with Crippen LogP contribution in [-0.4, -0.2) is 128 Å². The van der Waals surface area contributed by atoms with Gasteiger partial charge in [-0.25, -0.2) is 0 Å². The quantitative estimate of drug-likeness (QED) is 0.354. The summed E-state index contributed by atoms with van der Waals surface area (Å²) in [6, 6.07) is 0. The van der Waals surface area contributed by atoms with Gasteiger partial charge in [0, 0.05) is 0 Å². The molecule has 0 amide bonds. The van der Waals surface area contributed by atoms with Gasteiger partial charge in [-0.05, 0) is 100 Å². The lowest BCUT2D eigenvalue weighted by molar-refractivity contribution is 3.35. The molecule has 0 unspecified atom stereocenters. The van der Waals surface area contributed by atoms with Crippen molar-refractivity contribution < 1.29 is 0 Å². The summed E-state index contributed by atoms with van der Waals surface area (Å²) in [5.41, 5.74) is 0. The van der Waals surface area contributed by atoms with Crippen LogP contribution in [0.25, 0.3) is 0 Å². The first-order valence-electron chi connectivity index (χ1n) is 5.67. The maximum Gasteiger partial charge on any atom is -0.0000000243 e. The van der Waals surface area contributed by atoms with Crippen molar-refractivity contribution in [1.29, 1.82) is 0 Å². The molecule has 18 heavy (non-hydrogen) atoms. The van der Waals surface area contributed by atoms with Crippen LogP contribution in [0.3, 0.4) is 0 Å². The molecule has 0 aromatic carbocycles. The van der Waals surface area contributed by atoms with E-state index >= 15 is 0 Å². The Bertz CT molecular complexity index is 174. The highest BCUT2D eigenvalue weighted by atomic mass is 13.2. The molecule has 56 valence electrons. The van der Waals surface area contributed by atoms with Gasteiger partial charge in [-0.1, -0.05) is 6.39 Å². The molecule has 0 rings (SSSR count). The van der Waals surface area contributed by atoms with Crippen LogP contribution in [0, 0.1) is 0 Å². The van der Waals surface area contributed by atoms with Gasteiger partial charge < -0.3 is 21.9 Å². The second-order valence-corrected chi connectivity index (χ2v) is 4.62. The lowest BCUT2D eigenvalue weighted by atomic mass is 8.41. The van der Waals surface area contributed by atoms with Crippen molar-refractivity contribution in [1.82, 2.24) is 0 Å². The summed E-state index contributed by atoms with van der Waals surface area (Å²) >= 11 is 0. The van der Waals surface area contributed by atoms with Crippen molar-refractivity contribution in [3.05, 3.63) is 0 Å². The molecule has 0 fully saturated rings. The number of hydrogen-bond donors (Lipinski definition) is 0. The van der Waals surface area contributed by atoms with E-state index in [1.54, 1.807) is 0 Å². The lowest BCUT2D eigenvalue weighted by Gasteiger charge is -2.52. The third-order valence-corrected chi connectivity index (χ3v) is 3.11. The highest BCUT2D eigenvalue weighted by Crippen LogP contribution is 2.03. The average molecular weight is 195 g/mol. The summed E-state index contributed by atoms with van der Waals surface area (Å²) in [5, 5.41) is 0. The minimum Gasteiger partial charge on any atom is -0.729 e. The first kappa shape index (κ1) is 19.2. The molecule has 0 nitrogen and oxygen atoms in total. The third kappa shape index (κ3) is 5.28. The molecule has 0 atom stereocenters. The van der Waals surface area contributed by atoms with Gasteiger partial charge in [-0.3, -0.25) is 0 Å². The summed E-state index contributed by atoms with van der Waals surface area (Å²) < 4.78 is 0. The van der Waals surface area contributed by atoms with Crippen molar-refractivity contribution >= 4 is 128 Å². The highest BCUT2D eigenvalue weighted by molar-refractivity contribution is 8.17. The Kier molecular flexibility index (Phi) is 9.00. The van der Waals surface area contributed by atoms with Crippen LogP contribution < -0.4 is 0 Å². The Labute approximate surface area is 128 Å². The topological polar surface area (TPSA) is 0 Å². The largest absolute Gasteiger partial charge is 0.729 e. The molecule has 22 radical (unpaired) electrons. The SMILES string of the molecule is [B]B([B])B(B([B])[B])B(B([B])[B])B(B([B])[B])B([B-])[B-]. The van der Waals surface area contributed by atoms with E-state index in [-0.39, 0.29) is 0 Å². The summed E-state index contributed by atoms with van der Waals surface area (Å²) in [6.07, 6.45) is -6.04. The van der Waals surface area contributed by atoms with Crippen LogP contribution in [0.1, 0.15) is 0 Å². The van der Waals surface area contributed by atoms with E-state index in [0.717, 1.165) is 0 Å². The van der Waals surface area contributed by atoms with E-state index < -0.39 is 51.1 Å². The third-order valence-electron chi connectivity index (χ3n) is 3.11. The summed E-state index contributed by atoms with van der Waals surface area (Å²) in [6.45, 7) is 0. The van der Waals surface area contributed by atoms with Gasteiger partial charge >= 0.3 is 0 Å². The Hall–Kier alpha value is 1.17. The van der Waals surface area contributed by atoms with Gasteiger partial charge in [0.1, 0.15) is 0 Å². The van der Waals surface area contributed by atoms with Gasteiger partial charge in [0.2, 0.25) is 0 Å².